The Hall–Kier alpha value is -1.69. The first kappa shape index (κ1) is 14.4. The number of nitrogens with two attached hydrogens (primary N) is 2. The summed E-state index contributed by atoms with van der Waals surface area (Å²) in [7, 11) is 1.92. The van der Waals surface area contributed by atoms with Gasteiger partial charge in [0.05, 0.1) is 0 Å². The molecule has 1 atom stereocenters. The van der Waals surface area contributed by atoms with Crippen LogP contribution in [0.15, 0.2) is 12.1 Å². The lowest BCUT2D eigenvalue weighted by Crippen LogP contribution is -2.32. The molecule has 0 radical (unpaired) electrons. The Morgan fingerprint density at radius 3 is 2.50 bits per heavy atom. The fourth-order valence-corrected chi connectivity index (χ4v) is 1.45. The van der Waals surface area contributed by atoms with Gasteiger partial charge in [0.1, 0.15) is 0 Å². The maximum absolute atomic E-state index is 10.9. The minimum absolute atomic E-state index is 0.172. The highest BCUT2D eigenvalue weighted by atomic mass is 16.1. The predicted octanol–water partition coefficient (Wildman–Crippen LogP) is 0.385. The lowest BCUT2D eigenvalue weighted by Gasteiger charge is -2.21. The van der Waals surface area contributed by atoms with Gasteiger partial charge in [-0.25, -0.2) is 0 Å². The van der Waals surface area contributed by atoms with Crippen molar-refractivity contribution in [3.63, 3.8) is 0 Å². The third kappa shape index (κ3) is 3.96. The van der Waals surface area contributed by atoms with Crippen LogP contribution in [0.5, 0.6) is 0 Å². The van der Waals surface area contributed by atoms with Crippen LogP contribution in [-0.2, 0) is 0 Å². The normalized spacial score (nSPS) is 12.5. The van der Waals surface area contributed by atoms with Gasteiger partial charge >= 0.3 is 0 Å². The summed E-state index contributed by atoms with van der Waals surface area (Å²) in [5.74, 6) is 0.594. The lowest BCUT2D eigenvalue weighted by molar-refractivity contribution is 0.0994. The van der Waals surface area contributed by atoms with Crippen molar-refractivity contribution in [2.75, 3.05) is 18.5 Å². The molecule has 0 aromatic carbocycles. The van der Waals surface area contributed by atoms with E-state index in [9.17, 15) is 4.79 Å². The fourth-order valence-electron chi connectivity index (χ4n) is 1.45. The molecule has 6 heteroatoms. The summed E-state index contributed by atoms with van der Waals surface area (Å²) in [4.78, 5) is 12.8. The predicted molar refractivity (Wildman–Crippen MR) is 71.3 cm³/mol. The summed E-state index contributed by atoms with van der Waals surface area (Å²) < 4.78 is 0. The number of anilines is 1. The zero-order valence-electron chi connectivity index (χ0n) is 11.1. The quantitative estimate of drug-likeness (QED) is 0.762. The summed E-state index contributed by atoms with van der Waals surface area (Å²) in [5, 5.41) is 7.72. The van der Waals surface area contributed by atoms with Gasteiger partial charge in [-0.2, -0.15) is 0 Å². The second-order valence-electron chi connectivity index (χ2n) is 4.76. The molecule has 0 aliphatic rings. The van der Waals surface area contributed by atoms with Gasteiger partial charge in [0.2, 0.25) is 0 Å². The molecular formula is C12H21N5O. The average molecular weight is 251 g/mol. The molecule has 1 rings (SSSR count). The van der Waals surface area contributed by atoms with Crippen molar-refractivity contribution in [1.29, 1.82) is 0 Å². The van der Waals surface area contributed by atoms with Crippen LogP contribution in [0.25, 0.3) is 0 Å². The number of hydrogen-bond acceptors (Lipinski definition) is 5. The maximum atomic E-state index is 10.9. The van der Waals surface area contributed by atoms with Gasteiger partial charge in [0, 0.05) is 19.6 Å². The second kappa shape index (κ2) is 6.30. The summed E-state index contributed by atoms with van der Waals surface area (Å²) in [6.07, 6.45) is 0.882. The van der Waals surface area contributed by atoms with Crippen LogP contribution in [0, 0.1) is 5.92 Å². The molecule has 1 aromatic rings. The van der Waals surface area contributed by atoms with Crippen molar-refractivity contribution >= 4 is 11.7 Å². The standard InChI is InChI=1S/C12H21N5O/c1-8(2)9(13)6-7-17(3)11-5-4-10(12(14)18)15-16-11/h4-5,8-9H,6-7,13H2,1-3H3,(H2,14,18). The van der Waals surface area contributed by atoms with E-state index >= 15 is 0 Å². The summed E-state index contributed by atoms with van der Waals surface area (Å²) in [6, 6.07) is 3.47. The zero-order chi connectivity index (χ0) is 13.7. The molecule has 1 unspecified atom stereocenters. The van der Waals surface area contributed by atoms with Gasteiger partial charge in [-0.1, -0.05) is 13.8 Å². The van der Waals surface area contributed by atoms with Crippen molar-refractivity contribution < 1.29 is 4.79 Å². The highest BCUT2D eigenvalue weighted by Gasteiger charge is 2.11. The van der Waals surface area contributed by atoms with Gasteiger partial charge in [-0.3, -0.25) is 4.79 Å². The Kier molecular flexibility index (Phi) is 5.03. The number of primary amides is 1. The average Bonchev–Trinajstić information content (AvgIpc) is 2.35. The summed E-state index contributed by atoms with van der Waals surface area (Å²) in [6.45, 7) is 5.00. The lowest BCUT2D eigenvalue weighted by atomic mass is 10.0. The van der Waals surface area contributed by atoms with Crippen LogP contribution in [-0.4, -0.2) is 35.7 Å². The Balaban J connectivity index is 2.56. The number of amides is 1. The first-order valence-corrected chi connectivity index (χ1v) is 6.02. The Morgan fingerprint density at radius 2 is 2.06 bits per heavy atom. The van der Waals surface area contributed by atoms with E-state index in [0.29, 0.717) is 11.7 Å². The number of aromatic nitrogens is 2. The third-order valence-corrected chi connectivity index (χ3v) is 2.95. The molecule has 0 spiro atoms. The molecule has 0 fully saturated rings. The third-order valence-electron chi connectivity index (χ3n) is 2.95. The highest BCUT2D eigenvalue weighted by Crippen LogP contribution is 2.10. The highest BCUT2D eigenvalue weighted by molar-refractivity contribution is 5.90. The van der Waals surface area contributed by atoms with Crippen LogP contribution in [0.3, 0.4) is 0 Å². The van der Waals surface area contributed by atoms with Crippen LogP contribution in [0.4, 0.5) is 5.82 Å². The molecule has 1 amide bonds. The number of nitrogens with zero attached hydrogens (tertiary/aromatic N) is 3. The van der Waals surface area contributed by atoms with Gasteiger partial charge < -0.3 is 16.4 Å². The van der Waals surface area contributed by atoms with Gasteiger partial charge in [0.25, 0.3) is 5.91 Å². The van der Waals surface area contributed by atoms with Crippen LogP contribution >= 0.6 is 0 Å². The van der Waals surface area contributed by atoms with Crippen molar-refractivity contribution in [2.24, 2.45) is 17.4 Å². The smallest absolute Gasteiger partial charge is 0.269 e. The molecule has 6 nitrogen and oxygen atoms in total. The van der Waals surface area contributed by atoms with Gasteiger partial charge in [0.15, 0.2) is 11.5 Å². The molecule has 4 N–H and O–H groups in total. The van der Waals surface area contributed by atoms with E-state index in [1.807, 2.05) is 11.9 Å². The van der Waals surface area contributed by atoms with E-state index in [2.05, 4.69) is 24.0 Å². The Morgan fingerprint density at radius 1 is 1.39 bits per heavy atom. The minimum atomic E-state index is -0.571. The molecule has 0 bridgehead atoms. The molecule has 1 heterocycles. The van der Waals surface area contributed by atoms with E-state index in [4.69, 9.17) is 11.5 Å². The molecule has 100 valence electrons. The van der Waals surface area contributed by atoms with E-state index < -0.39 is 5.91 Å². The zero-order valence-corrected chi connectivity index (χ0v) is 11.1. The molecule has 0 aliphatic carbocycles. The summed E-state index contributed by atoms with van der Waals surface area (Å²) in [5.41, 5.74) is 11.3. The minimum Gasteiger partial charge on any atom is -0.364 e. The number of hydrogen-bond donors (Lipinski definition) is 2. The number of rotatable bonds is 6. The number of carbonyl (C=O) groups excluding carboxylic acids is 1. The Labute approximate surface area is 107 Å². The second-order valence-corrected chi connectivity index (χ2v) is 4.76. The monoisotopic (exact) mass is 251 g/mol. The fraction of sp³-hybridized carbons (Fsp3) is 0.583. The van der Waals surface area contributed by atoms with E-state index in [1.165, 1.54) is 0 Å². The van der Waals surface area contributed by atoms with Gasteiger partial charge in [-0.15, -0.1) is 10.2 Å². The Bertz CT molecular complexity index is 390. The first-order chi connectivity index (χ1) is 8.41. The van der Waals surface area contributed by atoms with Crippen molar-refractivity contribution in [1.82, 2.24) is 10.2 Å². The van der Waals surface area contributed by atoms with Crippen LogP contribution in [0.1, 0.15) is 30.8 Å². The molecule has 18 heavy (non-hydrogen) atoms. The van der Waals surface area contributed by atoms with Crippen LogP contribution in [0.2, 0.25) is 0 Å². The van der Waals surface area contributed by atoms with Crippen molar-refractivity contribution in [3.05, 3.63) is 17.8 Å². The van der Waals surface area contributed by atoms with E-state index in [1.54, 1.807) is 12.1 Å². The van der Waals surface area contributed by atoms with E-state index in [-0.39, 0.29) is 11.7 Å². The first-order valence-electron chi connectivity index (χ1n) is 6.02. The number of carbonyl (C=O) groups is 1. The molecule has 0 aliphatic heterocycles. The molecular weight excluding hydrogens is 230 g/mol. The largest absolute Gasteiger partial charge is 0.364 e. The van der Waals surface area contributed by atoms with Crippen molar-refractivity contribution in [3.8, 4) is 0 Å². The molecule has 0 saturated heterocycles. The topological polar surface area (TPSA) is 98.1 Å². The van der Waals surface area contributed by atoms with Gasteiger partial charge in [-0.05, 0) is 24.5 Å². The molecule has 1 aromatic heterocycles. The molecule has 0 saturated carbocycles. The SMILES string of the molecule is CC(C)C(N)CCN(C)c1ccc(C(N)=O)nn1. The summed E-state index contributed by atoms with van der Waals surface area (Å²) >= 11 is 0. The maximum Gasteiger partial charge on any atom is 0.269 e. The van der Waals surface area contributed by atoms with E-state index in [0.717, 1.165) is 13.0 Å². The van der Waals surface area contributed by atoms with Crippen molar-refractivity contribution in [2.45, 2.75) is 26.3 Å². The van der Waals surface area contributed by atoms with Crippen LogP contribution < -0.4 is 16.4 Å².